The Morgan fingerprint density at radius 3 is 1.02 bits per heavy atom. The number of imide groups is 6. The van der Waals surface area contributed by atoms with Gasteiger partial charge in [-0.15, -0.1) is 0 Å². The number of piperidine rings is 1. The molecule has 129 heavy (non-hydrogen) atoms. The molecule has 13 rings (SSSR count). The van der Waals surface area contributed by atoms with Gasteiger partial charge < -0.3 is 40.8 Å². The summed E-state index contributed by atoms with van der Waals surface area (Å²) < 4.78 is 0. The minimum absolute atomic E-state index is 0.108. The van der Waals surface area contributed by atoms with Gasteiger partial charge >= 0.3 is 5.97 Å². The molecule has 28 heteroatoms. The number of rotatable bonds is 14. The Balaban J connectivity index is 0.000000207. The molecule has 6 aromatic rings. The summed E-state index contributed by atoms with van der Waals surface area (Å²) in [5, 5.41) is 63.2. The zero-order valence-corrected chi connectivity index (χ0v) is 80.3. The van der Waals surface area contributed by atoms with Crippen molar-refractivity contribution in [3.05, 3.63) is 146 Å². The number of phenolic OH excluding ortho intramolecular Hbond substituents is 6. The van der Waals surface area contributed by atoms with Gasteiger partial charge in [0.1, 0.15) is 34.5 Å². The molecule has 6 atom stereocenters. The first-order valence-electron chi connectivity index (χ1n) is 44.5. The summed E-state index contributed by atoms with van der Waals surface area (Å²) in [6.45, 7) is 52.8. The monoisotopic (exact) mass is 1780 g/mol. The smallest absolute Gasteiger partial charge is 0.321 e. The minimum atomic E-state index is -0.294. The number of hydrogen-bond donors (Lipinski definition) is 8. The van der Waals surface area contributed by atoms with Crippen LogP contribution in [0.1, 0.15) is 284 Å². The first-order valence-corrected chi connectivity index (χ1v) is 44.5. The molecule has 0 radical (unpaired) electrons. The van der Waals surface area contributed by atoms with Crippen LogP contribution >= 0.6 is 0 Å². The van der Waals surface area contributed by atoms with E-state index >= 15 is 0 Å². The largest absolute Gasteiger partial charge is 0.508 e. The molecule has 7 fully saturated rings. The van der Waals surface area contributed by atoms with E-state index in [4.69, 9.17) is 9.94 Å². The maximum Gasteiger partial charge on any atom is 0.321 e. The molecule has 7 aliphatic heterocycles. The minimum Gasteiger partial charge on any atom is -0.508 e. The van der Waals surface area contributed by atoms with Gasteiger partial charge in [0.25, 0.3) is 0 Å². The van der Waals surface area contributed by atoms with E-state index in [2.05, 4.69) is 38.5 Å². The van der Waals surface area contributed by atoms with Crippen LogP contribution in [0.4, 0.5) is 28.4 Å². The maximum absolute atomic E-state index is 12.4. The number of nitrogens with one attached hydrogen (secondary N) is 2. The van der Waals surface area contributed by atoms with Crippen LogP contribution in [0.2, 0.25) is 0 Å². The summed E-state index contributed by atoms with van der Waals surface area (Å²) in [6.07, 6.45) is 5.10. The Labute approximate surface area is 759 Å². The van der Waals surface area contributed by atoms with Crippen molar-refractivity contribution in [2.75, 3.05) is 31.0 Å². The zero-order chi connectivity index (χ0) is 97.4. The molecule has 0 bridgehead atoms. The van der Waals surface area contributed by atoms with Crippen LogP contribution < -0.4 is 35.3 Å². The van der Waals surface area contributed by atoms with Crippen LogP contribution in [0.25, 0.3) is 0 Å². The average molecular weight is 1780 g/mol. The number of phenols is 6. The van der Waals surface area contributed by atoms with Gasteiger partial charge in [-0.05, 0) is 233 Å². The number of benzene rings is 6. The molecule has 0 aromatic heterocycles. The molecule has 0 aliphatic carbocycles. The number of aryl methyl sites for hydroxylation is 6. The summed E-state index contributed by atoms with van der Waals surface area (Å²) in [5.41, 5.74) is 13.6. The third-order valence-electron chi connectivity index (χ3n) is 23.8. The highest BCUT2D eigenvalue weighted by Gasteiger charge is 2.44. The average Bonchev–Trinajstić information content (AvgIpc) is 1.76. The molecule has 7 heterocycles. The summed E-state index contributed by atoms with van der Waals surface area (Å²) in [4.78, 5) is 166. The second-order valence-corrected chi connectivity index (χ2v) is 39.4. The molecule has 7 aliphatic rings. The van der Waals surface area contributed by atoms with Crippen LogP contribution in [-0.4, -0.2) is 130 Å². The number of carbonyl (C=O) groups excluding carboxylic acids is 13. The van der Waals surface area contributed by atoms with Gasteiger partial charge in [0.05, 0.1) is 35.0 Å². The lowest BCUT2D eigenvalue weighted by molar-refractivity contribution is -0.149. The number of amides is 12. The number of hydrogen-bond acceptors (Lipinski definition) is 22. The van der Waals surface area contributed by atoms with Gasteiger partial charge in [0.2, 0.25) is 70.9 Å². The Morgan fingerprint density at radius 2 is 0.721 bits per heavy atom. The molecular weight excluding hydrogens is 1650 g/mol. The highest BCUT2D eigenvalue weighted by Crippen LogP contribution is 2.45. The highest BCUT2D eigenvalue weighted by molar-refractivity contribution is 6.24. The summed E-state index contributed by atoms with van der Waals surface area (Å²) in [5.74, 6) is -1.53. The molecule has 6 aromatic carbocycles. The molecule has 700 valence electrons. The fourth-order valence-corrected chi connectivity index (χ4v) is 17.2. The fourth-order valence-electron chi connectivity index (χ4n) is 17.2. The van der Waals surface area contributed by atoms with Crippen molar-refractivity contribution in [1.29, 1.82) is 0 Å². The van der Waals surface area contributed by atoms with E-state index in [-0.39, 0.29) is 213 Å². The van der Waals surface area contributed by atoms with Gasteiger partial charge in [-0.1, -0.05) is 137 Å². The number of nitrogens with zero attached hydrogens (tertiary/aromatic N) is 6. The van der Waals surface area contributed by atoms with Crippen LogP contribution in [-0.2, 0) is 97.4 Å². The van der Waals surface area contributed by atoms with Crippen molar-refractivity contribution in [1.82, 2.24) is 15.7 Å². The molecule has 12 amide bonds. The molecule has 0 spiro atoms. The van der Waals surface area contributed by atoms with E-state index in [0.29, 0.717) is 71.3 Å². The fraction of sp³-hybridized carbons (Fsp3) is 0.515. The standard InChI is InChI=1S/C19H27NO3.C17H23NO3.C15H19NO3.C14H17NO3.C13H15NO3.C12H24N2O2.C11H11NO3/c1-11-8-15(21)20(17(11)23)12-9-13(18(2,3)4)16(22)14(10-12)19(5,6)7;1-9(2)13-7-12(8-14(10(3)4)16(13)20)18-15(19)6-11(5)17(18)21;1-4-10-7-12(8-11(5-2)14(10)18)16-13(17)6-9(3)15(16)19;1-8-4-11(5-9(2)13(8)17)7-15-12(16)6-10(3)14(15)18;1-7-4-10(5-8(2)12(7)16)14-11(15)6-9(3)13(14)17;1-9(15)16-13-8-10-6-11(2,3)14-12(4,5)7-10;1-7-6-10(14)12(11(7)15)8-2-4-9(13)5-3-8/h9-11,22H,8H2,1-7H3;7-11,20H,6H2,1-5H3;7-9,18H,4-6H2,1-3H3;4-5,10,17H,6-7H2,1-3H3;4-5,9,16H,6H2,1-3H3;10,13-14H,6-8H2,1-5H3;2-5,7,13H,6H2,1H3. The lowest BCUT2D eigenvalue weighted by atomic mass is 9.76. The molecule has 7 saturated heterocycles. The van der Waals surface area contributed by atoms with E-state index in [9.17, 15) is 87.9 Å². The maximum atomic E-state index is 12.4. The van der Waals surface area contributed by atoms with Crippen molar-refractivity contribution >= 4 is 105 Å². The van der Waals surface area contributed by atoms with Gasteiger partial charge in [-0.25, -0.2) is 0 Å². The van der Waals surface area contributed by atoms with Crippen LogP contribution in [0.15, 0.2) is 84.9 Å². The van der Waals surface area contributed by atoms with E-state index in [0.717, 1.165) is 69.5 Å². The summed E-state index contributed by atoms with van der Waals surface area (Å²) >= 11 is 0. The van der Waals surface area contributed by atoms with Crippen molar-refractivity contribution in [2.45, 2.75) is 291 Å². The number of likely N-dealkylation sites (tertiary alicyclic amines) is 1. The quantitative estimate of drug-likeness (QED) is 0.0371. The second-order valence-electron chi connectivity index (χ2n) is 39.4. The number of aromatic hydroxyl groups is 6. The van der Waals surface area contributed by atoms with Crippen LogP contribution in [0.3, 0.4) is 0 Å². The first-order chi connectivity index (χ1) is 59.7. The summed E-state index contributed by atoms with van der Waals surface area (Å²) in [6, 6.07) is 23.5. The normalized spacial score (nSPS) is 20.3. The Morgan fingerprint density at radius 1 is 0.419 bits per heavy atom. The Bertz CT molecular complexity index is 5130. The zero-order valence-electron chi connectivity index (χ0n) is 80.3. The molecular formula is C101H136N8O20. The topological polar surface area (TPSA) is 396 Å². The molecule has 28 nitrogen and oxygen atoms in total. The Kier molecular flexibility index (Phi) is 34.2. The number of carbonyl (C=O) groups is 13. The lowest BCUT2D eigenvalue weighted by Gasteiger charge is -2.46. The van der Waals surface area contributed by atoms with Crippen molar-refractivity contribution in [2.24, 2.45) is 41.4 Å². The molecule has 6 unspecified atom stereocenters. The van der Waals surface area contributed by atoms with Gasteiger partial charge in [0, 0.05) is 110 Å². The SMILES string of the molecule is CC(=O)ONCC1CC(C)(C)NC(C)(C)C1.CC1CC(=O)N(c2cc(C(C)(C)C)c(O)c(C(C)(C)C)c2)C1=O.CC1CC(=O)N(c2cc(C(C)C)c(O)c(C(C)C)c2)C1=O.CC1CC(=O)N(c2ccc(O)cc2)C1=O.CCc1cc(N2C(=O)CC(C)C2=O)cc(CC)c1O.Cc1cc(CN2C(=O)CC(C)C2=O)cc(C)c1O.Cc1cc(N2C(=O)CC(C)C2=O)cc(C)c1O. The lowest BCUT2D eigenvalue weighted by Crippen LogP contribution is -2.58. The van der Waals surface area contributed by atoms with E-state index < -0.39 is 0 Å². The number of hydroxylamine groups is 1. The Hall–Kier alpha value is -11.7. The first kappa shape index (κ1) is 104. The molecule has 8 N–H and O–H groups in total. The van der Waals surface area contributed by atoms with Crippen LogP contribution in [0.5, 0.6) is 34.5 Å². The predicted octanol–water partition coefficient (Wildman–Crippen LogP) is 16.6. The third-order valence-corrected chi connectivity index (χ3v) is 23.8. The van der Waals surface area contributed by atoms with Crippen molar-refractivity contribution < 1.29 is 97.8 Å². The predicted molar refractivity (Wildman–Crippen MR) is 496 cm³/mol. The van der Waals surface area contributed by atoms with Gasteiger partial charge in [-0.2, -0.15) is 5.48 Å². The van der Waals surface area contributed by atoms with Crippen molar-refractivity contribution in [3.8, 4) is 34.5 Å². The van der Waals surface area contributed by atoms with E-state index in [1.807, 2.05) is 109 Å². The van der Waals surface area contributed by atoms with E-state index in [1.165, 1.54) is 48.5 Å². The number of anilines is 5. The van der Waals surface area contributed by atoms with E-state index in [1.54, 1.807) is 116 Å². The third kappa shape index (κ3) is 25.5. The highest BCUT2D eigenvalue weighted by atomic mass is 16.7. The summed E-state index contributed by atoms with van der Waals surface area (Å²) in [7, 11) is 0. The van der Waals surface area contributed by atoms with Gasteiger partial charge in [-0.3, -0.25) is 91.7 Å². The van der Waals surface area contributed by atoms with Crippen molar-refractivity contribution in [3.63, 3.8) is 0 Å². The van der Waals surface area contributed by atoms with Crippen LogP contribution in [0, 0.1) is 69.1 Å². The molecule has 0 saturated carbocycles. The second kappa shape index (κ2) is 42.3. The van der Waals surface area contributed by atoms with Gasteiger partial charge in [0.15, 0.2) is 0 Å².